The lowest BCUT2D eigenvalue weighted by molar-refractivity contribution is -0.212. The van der Waals surface area contributed by atoms with Gasteiger partial charge in [-0.2, -0.15) is 0 Å². The van der Waals surface area contributed by atoms with Gasteiger partial charge in [0.15, 0.2) is 0 Å². The summed E-state index contributed by atoms with van der Waals surface area (Å²) in [5.74, 6) is -0.121. The minimum Gasteiger partial charge on any atom is -0.394 e. The fourth-order valence-corrected chi connectivity index (χ4v) is 2.95. The first-order chi connectivity index (χ1) is 8.56. The average Bonchev–Trinajstić information content (AvgIpc) is 2.55. The number of fused-ring (bicyclic) bond motifs is 1. The topological polar surface area (TPSA) is 90.2 Å². The minimum atomic E-state index is -1.16. The predicted octanol–water partition coefficient (Wildman–Crippen LogP) is -1.13. The van der Waals surface area contributed by atoms with E-state index in [-0.39, 0.29) is 18.6 Å². The van der Waals surface area contributed by atoms with Crippen LogP contribution < -0.4 is 0 Å². The van der Waals surface area contributed by atoms with Crippen LogP contribution in [0.1, 0.15) is 26.2 Å². The fourth-order valence-electron chi connectivity index (χ4n) is 2.95. The molecule has 6 nitrogen and oxygen atoms in total. The lowest BCUT2D eigenvalue weighted by Gasteiger charge is -2.45. The summed E-state index contributed by atoms with van der Waals surface area (Å²) in [4.78, 5) is 13.2. The molecule has 2 saturated heterocycles. The molecule has 1 amide bonds. The number of likely N-dealkylation sites (tertiary alicyclic amines) is 1. The molecule has 0 aromatic rings. The number of rotatable bonds is 1. The van der Waals surface area contributed by atoms with Crippen molar-refractivity contribution in [1.29, 1.82) is 0 Å². The molecule has 0 radical (unpaired) electrons. The van der Waals surface area contributed by atoms with Gasteiger partial charge in [-0.1, -0.05) is 0 Å². The third-order valence-corrected chi connectivity index (χ3v) is 3.89. The number of hydrogen-bond acceptors (Lipinski definition) is 5. The Balaban J connectivity index is 2.23. The standard InChI is InChI=1S/C12H21NO5/c1-7(15)13-5-3-2-4-8-10(13)12(17)11(16)9(6-14)18-8/h8-12,14,16-17H,2-6H2,1H3/t8-,9+,10+,11-,12+/m0/s1. The number of aliphatic hydroxyl groups is 3. The molecule has 5 atom stereocenters. The molecule has 0 unspecified atom stereocenters. The number of carbonyl (C=O) groups excluding carboxylic acids is 1. The van der Waals surface area contributed by atoms with Crippen molar-refractivity contribution in [3.8, 4) is 0 Å². The molecule has 2 aliphatic rings. The first-order valence-electron chi connectivity index (χ1n) is 6.46. The molecule has 6 heteroatoms. The largest absolute Gasteiger partial charge is 0.394 e. The second-order valence-electron chi connectivity index (χ2n) is 5.08. The van der Waals surface area contributed by atoms with Gasteiger partial charge in [-0.25, -0.2) is 0 Å². The summed E-state index contributed by atoms with van der Waals surface area (Å²) in [7, 11) is 0. The average molecular weight is 259 g/mol. The van der Waals surface area contributed by atoms with Gasteiger partial charge in [-0.05, 0) is 19.3 Å². The summed E-state index contributed by atoms with van der Waals surface area (Å²) in [6.07, 6.45) is -0.803. The van der Waals surface area contributed by atoms with E-state index >= 15 is 0 Å². The summed E-state index contributed by atoms with van der Waals surface area (Å²) in [6.45, 7) is 1.70. The normalized spacial score (nSPS) is 41.1. The van der Waals surface area contributed by atoms with Crippen LogP contribution in [0, 0.1) is 0 Å². The van der Waals surface area contributed by atoms with Gasteiger partial charge in [0, 0.05) is 13.5 Å². The van der Waals surface area contributed by atoms with Crippen molar-refractivity contribution in [2.75, 3.05) is 13.2 Å². The maximum atomic E-state index is 11.6. The third-order valence-electron chi connectivity index (χ3n) is 3.89. The van der Waals surface area contributed by atoms with Gasteiger partial charge in [0.05, 0.1) is 18.8 Å². The summed E-state index contributed by atoms with van der Waals surface area (Å²) < 4.78 is 5.63. The van der Waals surface area contributed by atoms with E-state index in [0.717, 1.165) is 19.3 Å². The van der Waals surface area contributed by atoms with Crippen molar-refractivity contribution in [2.24, 2.45) is 0 Å². The first-order valence-corrected chi connectivity index (χ1v) is 6.46. The van der Waals surface area contributed by atoms with Crippen molar-refractivity contribution < 1.29 is 24.9 Å². The second-order valence-corrected chi connectivity index (χ2v) is 5.08. The molecule has 2 aliphatic heterocycles. The van der Waals surface area contributed by atoms with E-state index < -0.39 is 24.4 Å². The van der Waals surface area contributed by atoms with Crippen LogP contribution in [-0.2, 0) is 9.53 Å². The predicted molar refractivity (Wildman–Crippen MR) is 62.8 cm³/mol. The number of ether oxygens (including phenoxy) is 1. The zero-order valence-corrected chi connectivity index (χ0v) is 10.5. The maximum Gasteiger partial charge on any atom is 0.219 e. The molecule has 0 aliphatic carbocycles. The zero-order valence-electron chi connectivity index (χ0n) is 10.5. The van der Waals surface area contributed by atoms with E-state index in [1.54, 1.807) is 4.90 Å². The Hall–Kier alpha value is -0.690. The summed E-state index contributed by atoms with van der Waals surface area (Å²) in [5.41, 5.74) is 0. The molecule has 0 spiro atoms. The van der Waals surface area contributed by atoms with Crippen LogP contribution in [0.5, 0.6) is 0 Å². The molecule has 2 heterocycles. The highest BCUT2D eigenvalue weighted by molar-refractivity contribution is 5.73. The van der Waals surface area contributed by atoms with Gasteiger partial charge in [0.2, 0.25) is 5.91 Å². The summed E-state index contributed by atoms with van der Waals surface area (Å²) >= 11 is 0. The molecule has 0 bridgehead atoms. The number of carbonyl (C=O) groups is 1. The SMILES string of the molecule is CC(=O)N1CCCC[C@@H]2O[C@H](CO)[C@H](O)[C@H](O)[C@@H]21. The Morgan fingerprint density at radius 3 is 2.67 bits per heavy atom. The molecule has 18 heavy (non-hydrogen) atoms. The highest BCUT2D eigenvalue weighted by atomic mass is 16.5. The highest BCUT2D eigenvalue weighted by Gasteiger charge is 2.47. The summed E-state index contributed by atoms with van der Waals surface area (Å²) in [6, 6.07) is -0.511. The van der Waals surface area contributed by atoms with Gasteiger partial charge in [0.25, 0.3) is 0 Å². The van der Waals surface area contributed by atoms with E-state index in [9.17, 15) is 15.0 Å². The molecule has 2 fully saturated rings. The van der Waals surface area contributed by atoms with E-state index in [1.807, 2.05) is 0 Å². The quantitative estimate of drug-likeness (QED) is 0.554. The van der Waals surface area contributed by atoms with E-state index in [0.29, 0.717) is 6.54 Å². The highest BCUT2D eigenvalue weighted by Crippen LogP contribution is 2.30. The molecular formula is C12H21NO5. The Labute approximate surface area is 106 Å². The van der Waals surface area contributed by atoms with Crippen molar-refractivity contribution in [3.63, 3.8) is 0 Å². The number of amides is 1. The third kappa shape index (κ3) is 2.38. The molecular weight excluding hydrogens is 238 g/mol. The number of nitrogens with zero attached hydrogens (tertiary/aromatic N) is 1. The van der Waals surface area contributed by atoms with E-state index in [1.165, 1.54) is 6.92 Å². The van der Waals surface area contributed by atoms with Gasteiger partial charge in [-0.15, -0.1) is 0 Å². The number of hydrogen-bond donors (Lipinski definition) is 3. The first kappa shape index (κ1) is 13.7. The van der Waals surface area contributed by atoms with Crippen LogP contribution in [0.4, 0.5) is 0 Å². The van der Waals surface area contributed by atoms with Crippen LogP contribution in [-0.4, -0.2) is 69.7 Å². The van der Waals surface area contributed by atoms with Crippen molar-refractivity contribution in [3.05, 3.63) is 0 Å². The molecule has 0 aromatic heterocycles. The zero-order chi connectivity index (χ0) is 13.3. The summed E-state index contributed by atoms with van der Waals surface area (Å²) in [5, 5.41) is 29.2. The number of aliphatic hydroxyl groups excluding tert-OH is 3. The monoisotopic (exact) mass is 259 g/mol. The second kappa shape index (κ2) is 5.52. The van der Waals surface area contributed by atoms with E-state index in [4.69, 9.17) is 9.84 Å². The molecule has 2 rings (SSSR count). The van der Waals surface area contributed by atoms with Crippen LogP contribution in [0.3, 0.4) is 0 Å². The van der Waals surface area contributed by atoms with Crippen molar-refractivity contribution >= 4 is 5.91 Å². The van der Waals surface area contributed by atoms with Gasteiger partial charge < -0.3 is 25.0 Å². The Morgan fingerprint density at radius 2 is 2.06 bits per heavy atom. The van der Waals surface area contributed by atoms with Crippen LogP contribution in [0.2, 0.25) is 0 Å². The molecule has 3 N–H and O–H groups in total. The lowest BCUT2D eigenvalue weighted by Crippen LogP contribution is -2.64. The van der Waals surface area contributed by atoms with Crippen molar-refractivity contribution in [2.45, 2.75) is 56.6 Å². The molecule has 104 valence electrons. The van der Waals surface area contributed by atoms with Gasteiger partial charge >= 0.3 is 0 Å². The van der Waals surface area contributed by atoms with E-state index in [2.05, 4.69) is 0 Å². The minimum absolute atomic E-state index is 0.121. The fraction of sp³-hybridized carbons (Fsp3) is 0.917. The molecule has 0 aromatic carbocycles. The Kier molecular flexibility index (Phi) is 4.21. The van der Waals surface area contributed by atoms with Gasteiger partial charge in [-0.3, -0.25) is 4.79 Å². The van der Waals surface area contributed by atoms with Crippen LogP contribution >= 0.6 is 0 Å². The van der Waals surface area contributed by atoms with Crippen LogP contribution in [0.25, 0.3) is 0 Å². The lowest BCUT2D eigenvalue weighted by atomic mass is 9.90. The van der Waals surface area contributed by atoms with Crippen LogP contribution in [0.15, 0.2) is 0 Å². The Bertz CT molecular complexity index is 311. The smallest absolute Gasteiger partial charge is 0.219 e. The Morgan fingerprint density at radius 1 is 1.33 bits per heavy atom. The maximum absolute atomic E-state index is 11.6. The van der Waals surface area contributed by atoms with Gasteiger partial charge in [0.1, 0.15) is 18.3 Å². The van der Waals surface area contributed by atoms with Crippen molar-refractivity contribution in [1.82, 2.24) is 4.90 Å². The molecule has 0 saturated carbocycles.